The van der Waals surface area contributed by atoms with Gasteiger partial charge in [-0.2, -0.15) is 0 Å². The third kappa shape index (κ3) is 5.82. The largest absolute Gasteiger partial charge is 0.481 e. The van der Waals surface area contributed by atoms with Crippen molar-refractivity contribution in [2.75, 3.05) is 20.6 Å². The summed E-state index contributed by atoms with van der Waals surface area (Å²) in [4.78, 5) is 10.2. The number of carboxylic acids is 1. The Hall–Kier alpha value is -0.610. The number of rotatable bonds is 6. The van der Waals surface area contributed by atoms with Gasteiger partial charge in [0.2, 0.25) is 0 Å². The molecule has 0 aromatic rings. The first-order chi connectivity index (χ1) is 5.20. The maximum atomic E-state index is 10.2. The second-order valence-electron chi connectivity index (χ2n) is 2.48. The number of carboxylic acid groups (broad SMARTS) is 1. The number of likely N-dealkylation sites (N-methyl/N-ethyl adjacent to an activating group) is 2. The van der Waals surface area contributed by atoms with Crippen LogP contribution in [0, 0.1) is 0 Å². The molecule has 0 radical (unpaired) electrons. The predicted molar refractivity (Wildman–Crippen MR) is 43.6 cm³/mol. The summed E-state index contributed by atoms with van der Waals surface area (Å²) in [7, 11) is 3.69. The van der Waals surface area contributed by atoms with Gasteiger partial charge in [0.15, 0.2) is 0 Å². The Morgan fingerprint density at radius 1 is 1.55 bits per heavy atom. The molecule has 0 spiro atoms. The third-order valence-corrected chi connectivity index (χ3v) is 1.57. The Balaban J connectivity index is 3.43. The van der Waals surface area contributed by atoms with Crippen LogP contribution in [-0.4, -0.2) is 37.8 Å². The van der Waals surface area contributed by atoms with Gasteiger partial charge >= 0.3 is 5.97 Å². The summed E-state index contributed by atoms with van der Waals surface area (Å²) >= 11 is 0. The van der Waals surface area contributed by atoms with Crippen molar-refractivity contribution in [1.82, 2.24) is 10.6 Å². The van der Waals surface area contributed by atoms with Crippen LogP contribution in [0.15, 0.2) is 0 Å². The molecule has 4 nitrogen and oxygen atoms in total. The molecule has 0 aromatic heterocycles. The highest BCUT2D eigenvalue weighted by Crippen LogP contribution is 1.94. The minimum Gasteiger partial charge on any atom is -0.481 e. The van der Waals surface area contributed by atoms with Crippen molar-refractivity contribution in [1.29, 1.82) is 0 Å². The normalized spacial score (nSPS) is 12.9. The highest BCUT2D eigenvalue weighted by atomic mass is 16.4. The van der Waals surface area contributed by atoms with Crippen molar-refractivity contribution in [2.45, 2.75) is 18.9 Å². The van der Waals surface area contributed by atoms with Crippen molar-refractivity contribution < 1.29 is 9.90 Å². The van der Waals surface area contributed by atoms with Crippen molar-refractivity contribution in [3.8, 4) is 0 Å². The van der Waals surface area contributed by atoms with Crippen LogP contribution < -0.4 is 10.6 Å². The maximum Gasteiger partial charge on any atom is 0.303 e. The summed E-state index contributed by atoms with van der Waals surface area (Å²) in [5.74, 6) is -0.735. The summed E-state index contributed by atoms with van der Waals surface area (Å²) in [6.45, 7) is 0.809. The molecule has 0 bridgehead atoms. The number of aliphatic carboxylic acids is 1. The standard InChI is InChI=1S/C7H16N2O2/c1-8-5-6(9-2)3-4-7(10)11/h6,8-9H,3-5H2,1-2H3,(H,10,11). The minimum atomic E-state index is -0.735. The highest BCUT2D eigenvalue weighted by Gasteiger charge is 2.06. The number of nitrogens with one attached hydrogen (secondary N) is 2. The quantitative estimate of drug-likeness (QED) is 0.497. The lowest BCUT2D eigenvalue weighted by Gasteiger charge is -2.13. The van der Waals surface area contributed by atoms with E-state index in [4.69, 9.17) is 5.11 Å². The smallest absolute Gasteiger partial charge is 0.303 e. The Bertz CT molecular complexity index is 117. The van der Waals surface area contributed by atoms with Crippen LogP contribution in [0.2, 0.25) is 0 Å². The molecule has 0 aromatic carbocycles. The van der Waals surface area contributed by atoms with Crippen molar-refractivity contribution in [2.24, 2.45) is 0 Å². The van der Waals surface area contributed by atoms with Gasteiger partial charge in [-0.05, 0) is 20.5 Å². The lowest BCUT2D eigenvalue weighted by molar-refractivity contribution is -0.137. The van der Waals surface area contributed by atoms with E-state index < -0.39 is 5.97 Å². The van der Waals surface area contributed by atoms with E-state index in [1.54, 1.807) is 0 Å². The van der Waals surface area contributed by atoms with Gasteiger partial charge in [-0.15, -0.1) is 0 Å². The average Bonchev–Trinajstić information content (AvgIpc) is 1.97. The fourth-order valence-corrected chi connectivity index (χ4v) is 0.893. The molecule has 0 fully saturated rings. The Kier molecular flexibility index (Phi) is 5.78. The third-order valence-electron chi connectivity index (χ3n) is 1.57. The highest BCUT2D eigenvalue weighted by molar-refractivity contribution is 5.66. The van der Waals surface area contributed by atoms with E-state index in [0.717, 1.165) is 6.54 Å². The summed E-state index contributed by atoms with van der Waals surface area (Å²) in [6, 6.07) is 0.260. The van der Waals surface area contributed by atoms with Gasteiger partial charge in [0, 0.05) is 19.0 Å². The molecule has 0 saturated carbocycles. The van der Waals surface area contributed by atoms with E-state index in [9.17, 15) is 4.79 Å². The first-order valence-corrected chi connectivity index (χ1v) is 3.74. The van der Waals surface area contributed by atoms with Gasteiger partial charge in [0.05, 0.1) is 0 Å². The number of hydrogen-bond donors (Lipinski definition) is 3. The van der Waals surface area contributed by atoms with E-state index in [1.165, 1.54) is 0 Å². The molecule has 0 saturated heterocycles. The topological polar surface area (TPSA) is 61.4 Å². The number of hydrogen-bond acceptors (Lipinski definition) is 3. The predicted octanol–water partition coefficient (Wildman–Crippen LogP) is -0.341. The summed E-state index contributed by atoms with van der Waals surface area (Å²) in [5, 5.41) is 14.4. The second kappa shape index (κ2) is 6.12. The van der Waals surface area contributed by atoms with E-state index >= 15 is 0 Å². The van der Waals surface area contributed by atoms with Crippen LogP contribution in [-0.2, 0) is 4.79 Å². The molecule has 4 heteroatoms. The number of carbonyl (C=O) groups is 1. The first-order valence-electron chi connectivity index (χ1n) is 3.74. The molecule has 1 atom stereocenters. The molecule has 0 aliphatic carbocycles. The molecule has 3 N–H and O–H groups in total. The molecule has 0 heterocycles. The van der Waals surface area contributed by atoms with Crippen LogP contribution >= 0.6 is 0 Å². The van der Waals surface area contributed by atoms with Crippen molar-refractivity contribution in [3.63, 3.8) is 0 Å². The molecule has 1 unspecified atom stereocenters. The average molecular weight is 160 g/mol. The van der Waals surface area contributed by atoms with Crippen LogP contribution in [0.5, 0.6) is 0 Å². The zero-order valence-corrected chi connectivity index (χ0v) is 7.05. The molecule has 0 amide bonds. The zero-order valence-electron chi connectivity index (χ0n) is 7.05. The van der Waals surface area contributed by atoms with Crippen LogP contribution in [0.25, 0.3) is 0 Å². The summed E-state index contributed by atoms with van der Waals surface area (Å²) in [5.41, 5.74) is 0. The van der Waals surface area contributed by atoms with E-state index in [1.807, 2.05) is 14.1 Å². The summed E-state index contributed by atoms with van der Waals surface area (Å²) < 4.78 is 0. The fraction of sp³-hybridized carbons (Fsp3) is 0.857. The molecule has 0 aliphatic rings. The summed E-state index contributed by atoms with van der Waals surface area (Å²) in [6.07, 6.45) is 0.903. The first kappa shape index (κ1) is 10.4. The lowest BCUT2D eigenvalue weighted by Crippen LogP contribution is -2.35. The van der Waals surface area contributed by atoms with Gasteiger partial charge in [0.1, 0.15) is 0 Å². The van der Waals surface area contributed by atoms with Gasteiger partial charge in [-0.25, -0.2) is 0 Å². The monoisotopic (exact) mass is 160 g/mol. The van der Waals surface area contributed by atoms with Crippen LogP contribution in [0.4, 0.5) is 0 Å². The maximum absolute atomic E-state index is 10.2. The molecular formula is C7H16N2O2. The van der Waals surface area contributed by atoms with E-state index in [-0.39, 0.29) is 12.5 Å². The fourth-order valence-electron chi connectivity index (χ4n) is 0.893. The Morgan fingerprint density at radius 2 is 2.18 bits per heavy atom. The lowest BCUT2D eigenvalue weighted by atomic mass is 10.1. The molecular weight excluding hydrogens is 144 g/mol. The van der Waals surface area contributed by atoms with Crippen LogP contribution in [0.3, 0.4) is 0 Å². The zero-order chi connectivity index (χ0) is 8.69. The Morgan fingerprint density at radius 3 is 2.55 bits per heavy atom. The van der Waals surface area contributed by atoms with Crippen molar-refractivity contribution >= 4 is 5.97 Å². The van der Waals surface area contributed by atoms with Gasteiger partial charge in [-0.3, -0.25) is 4.79 Å². The van der Waals surface area contributed by atoms with Gasteiger partial charge < -0.3 is 15.7 Å². The second-order valence-corrected chi connectivity index (χ2v) is 2.48. The molecule has 66 valence electrons. The SMILES string of the molecule is CNCC(CCC(=O)O)NC. The molecule has 11 heavy (non-hydrogen) atoms. The Labute approximate surface area is 67.0 Å². The molecule has 0 aliphatic heterocycles. The minimum absolute atomic E-state index is 0.229. The van der Waals surface area contributed by atoms with E-state index in [2.05, 4.69) is 10.6 Å². The van der Waals surface area contributed by atoms with Gasteiger partial charge in [-0.1, -0.05) is 0 Å². The van der Waals surface area contributed by atoms with Crippen molar-refractivity contribution in [3.05, 3.63) is 0 Å². The van der Waals surface area contributed by atoms with E-state index in [0.29, 0.717) is 6.42 Å². The van der Waals surface area contributed by atoms with Crippen LogP contribution in [0.1, 0.15) is 12.8 Å². The van der Waals surface area contributed by atoms with Gasteiger partial charge in [0.25, 0.3) is 0 Å². The molecule has 0 rings (SSSR count).